The topological polar surface area (TPSA) is 381 Å². The van der Waals surface area contributed by atoms with Crippen molar-refractivity contribution in [2.24, 2.45) is 59.9 Å². The Bertz CT molecular complexity index is 5210. The molecule has 0 heterocycles. The molecule has 12 aromatic rings. The van der Waals surface area contributed by atoms with Crippen LogP contribution in [0.2, 0.25) is 0 Å². The summed E-state index contributed by atoms with van der Waals surface area (Å²) in [6.07, 6.45) is 17.8. The molecule has 0 fully saturated rings. The van der Waals surface area contributed by atoms with Crippen molar-refractivity contribution in [3.8, 4) is 34.5 Å². The molecule has 12 aromatic carbocycles. The van der Waals surface area contributed by atoms with Crippen LogP contribution in [0, 0.1) is 0 Å². The number of nitrogens with zero attached hydrogens (tertiary/aromatic N) is 12. The Hall–Kier alpha value is -16.4. The van der Waals surface area contributed by atoms with Crippen molar-refractivity contribution in [2.45, 2.75) is 29.4 Å². The Morgan fingerprint density at radius 2 is 0.447 bits per heavy atom. The van der Waals surface area contributed by atoms with Crippen molar-refractivity contribution in [2.75, 3.05) is 0 Å². The quantitative estimate of drug-likeness (QED) is 0.0400. The van der Waals surface area contributed by atoms with Gasteiger partial charge in [0.1, 0.15) is 34.4 Å². The minimum absolute atomic E-state index is 0.349. The van der Waals surface area contributed by atoms with Gasteiger partial charge in [0, 0.05) is 41.5 Å². The molecule has 0 spiro atoms. The normalized spacial score (nSPS) is 9.16. The molecule has 0 atom stereocenters. The largest absolute Gasteiger partial charge is 0.457 e. The highest BCUT2D eigenvalue weighted by molar-refractivity contribution is 8.00. The lowest BCUT2D eigenvalue weighted by Crippen LogP contribution is -1.85. The molecule has 0 aliphatic heterocycles. The zero-order valence-electron chi connectivity index (χ0n) is 58.4. The van der Waals surface area contributed by atoms with Crippen LogP contribution in [-0.2, 0) is 57.5 Å². The van der Waals surface area contributed by atoms with E-state index in [0.29, 0.717) is 103 Å². The van der Waals surface area contributed by atoms with Crippen molar-refractivity contribution in [1.82, 2.24) is 0 Å². The molecular weight excluding hydrogens is 1510 g/mol. The van der Waals surface area contributed by atoms with E-state index >= 15 is 0 Å². The molecule has 0 aliphatic rings. The molecule has 30 heteroatoms. The van der Waals surface area contributed by atoms with Gasteiger partial charge in [-0.15, -0.1) is 0 Å². The number of rotatable bonds is 24. The number of carbonyl (C=O) groups excluding carboxylic acids is 12. The molecule has 0 aromatic heterocycles. The Morgan fingerprint density at radius 3 is 0.789 bits per heavy atom. The number of ether oxygens (including phenoxy) is 3. The fraction of sp³-hybridized carbons (Fsp3) is 0. The molecular formula is C84H48N12O15S3. The van der Waals surface area contributed by atoms with Crippen molar-refractivity contribution in [3.05, 3.63) is 291 Å². The Morgan fingerprint density at radius 1 is 0.184 bits per heavy atom. The van der Waals surface area contributed by atoms with Crippen LogP contribution in [0.3, 0.4) is 0 Å². The van der Waals surface area contributed by atoms with Crippen molar-refractivity contribution in [3.63, 3.8) is 0 Å². The van der Waals surface area contributed by atoms with Gasteiger partial charge in [-0.3, -0.25) is 0 Å². The number of isocyanates is 12. The average molecular weight is 1560 g/mol. The van der Waals surface area contributed by atoms with E-state index < -0.39 is 0 Å². The van der Waals surface area contributed by atoms with E-state index in [1.54, 1.807) is 230 Å². The molecule has 114 heavy (non-hydrogen) atoms. The van der Waals surface area contributed by atoms with Crippen LogP contribution in [0.1, 0.15) is 0 Å². The van der Waals surface area contributed by atoms with Crippen LogP contribution in [0.5, 0.6) is 34.5 Å². The first-order valence-corrected chi connectivity index (χ1v) is 34.6. The van der Waals surface area contributed by atoms with E-state index in [9.17, 15) is 57.5 Å². The van der Waals surface area contributed by atoms with E-state index in [2.05, 4.69) is 59.9 Å². The second-order valence-electron chi connectivity index (χ2n) is 20.9. The monoisotopic (exact) mass is 1560 g/mol. The third-order valence-electron chi connectivity index (χ3n) is 13.5. The van der Waals surface area contributed by atoms with E-state index in [1.165, 1.54) is 96.5 Å². The SMILES string of the molecule is O=C=Nc1ccc(Oc2ccc(N=C=O)cc2)cc1.O=C=Nc1ccc(Sc2ccc(N=C=O)cc2)cc1.O=C=Nc1cccc(Oc2cccc(N=C=O)c2)c1.O=C=Nc1cccc(Sc2cccc(N=C=O)c2)c1.O=C=Nc1ccccc1Oc1ccccc1N=C=O.O=C=Nc1ccccc1Sc1ccccc1N=C=O. The molecule has 0 unspecified atom stereocenters. The minimum Gasteiger partial charge on any atom is -0.457 e. The van der Waals surface area contributed by atoms with Gasteiger partial charge in [-0.2, -0.15) is 59.9 Å². The summed E-state index contributed by atoms with van der Waals surface area (Å²) < 4.78 is 16.7. The predicted octanol–water partition coefficient (Wildman–Crippen LogP) is 21.6. The zero-order chi connectivity index (χ0) is 81.0. The summed E-state index contributed by atoms with van der Waals surface area (Å²) in [4.78, 5) is 171. The summed E-state index contributed by atoms with van der Waals surface area (Å²) in [6.45, 7) is 0. The van der Waals surface area contributed by atoms with Gasteiger partial charge < -0.3 is 14.2 Å². The lowest BCUT2D eigenvalue weighted by atomic mass is 10.2. The van der Waals surface area contributed by atoms with Crippen LogP contribution in [-0.4, -0.2) is 73.0 Å². The molecule has 0 N–H and O–H groups in total. The fourth-order valence-electron chi connectivity index (χ4n) is 8.76. The van der Waals surface area contributed by atoms with Gasteiger partial charge in [-0.05, 0) is 206 Å². The highest BCUT2D eigenvalue weighted by Gasteiger charge is 2.10. The molecule has 0 radical (unpaired) electrons. The molecule has 0 saturated carbocycles. The first kappa shape index (κ1) is 84.9. The van der Waals surface area contributed by atoms with E-state index in [-0.39, 0.29) is 0 Å². The Labute approximate surface area is 659 Å². The van der Waals surface area contributed by atoms with E-state index in [4.69, 9.17) is 14.2 Å². The fourth-order valence-corrected chi connectivity index (χ4v) is 11.5. The standard InChI is InChI=1S/3C14H8N2O3.3C14H8N2O2S/c17-9-15-11-1-5-13(6-2-11)19-14-7-3-12(4-8-14)16-10-18;17-9-15-11-3-1-5-13(7-11)19-14-6-2-4-12(8-14)16-10-18;17-9-15-11-5-1-3-7-13(11)19-14-8-4-2-6-12(14)16-10-18;17-9-15-11-1-5-13(6-2-11)19-14-7-3-12(4-8-14)16-10-18;17-9-15-11-3-1-5-13(7-11)19-14-6-2-4-12(8-14)16-10-18;17-9-15-11-5-1-3-7-13(11)19-14-8-4-2-6-12(14)16-10-18/h6*1-8H. The Kier molecular flexibility index (Phi) is 36.9. The molecule has 0 saturated heterocycles. The molecule has 27 nitrogen and oxygen atoms in total. The number of para-hydroxylation sites is 6. The van der Waals surface area contributed by atoms with Gasteiger partial charge in [0.2, 0.25) is 73.0 Å². The second kappa shape index (κ2) is 49.5. The van der Waals surface area contributed by atoms with Gasteiger partial charge in [-0.25, -0.2) is 57.5 Å². The summed E-state index contributed by atoms with van der Waals surface area (Å²) in [5.41, 5.74) is 5.97. The molecule has 0 bridgehead atoms. The minimum atomic E-state index is 0.349. The predicted molar refractivity (Wildman–Crippen MR) is 423 cm³/mol. The molecule has 12 rings (SSSR count). The maximum Gasteiger partial charge on any atom is 0.240 e. The number of benzene rings is 12. The first-order chi connectivity index (χ1) is 55.9. The summed E-state index contributed by atoms with van der Waals surface area (Å²) >= 11 is 4.42. The molecule has 552 valence electrons. The molecule has 0 amide bonds. The highest BCUT2D eigenvalue weighted by Crippen LogP contribution is 2.41. The highest BCUT2D eigenvalue weighted by atomic mass is 32.2. The van der Waals surface area contributed by atoms with Crippen LogP contribution in [0.25, 0.3) is 0 Å². The smallest absolute Gasteiger partial charge is 0.240 e. The molecule has 0 aliphatic carbocycles. The maximum atomic E-state index is 10.4. The van der Waals surface area contributed by atoms with Gasteiger partial charge in [0.25, 0.3) is 0 Å². The van der Waals surface area contributed by atoms with E-state index in [0.717, 1.165) is 29.4 Å². The average Bonchev–Trinajstić information content (AvgIpc) is 0.862. The van der Waals surface area contributed by atoms with Crippen molar-refractivity contribution >= 4 is 176 Å². The van der Waals surface area contributed by atoms with Crippen LogP contribution >= 0.6 is 35.3 Å². The number of hydrogen-bond donors (Lipinski definition) is 0. The second-order valence-corrected chi connectivity index (χ2v) is 24.3. The van der Waals surface area contributed by atoms with Gasteiger partial charge in [-0.1, -0.05) is 108 Å². The third kappa shape index (κ3) is 30.5. The lowest BCUT2D eigenvalue weighted by Gasteiger charge is -2.08. The van der Waals surface area contributed by atoms with Gasteiger partial charge in [0.05, 0.1) is 56.9 Å². The van der Waals surface area contributed by atoms with Gasteiger partial charge in [0.15, 0.2) is 11.5 Å². The van der Waals surface area contributed by atoms with E-state index in [1.807, 2.05) is 72.8 Å². The van der Waals surface area contributed by atoms with Gasteiger partial charge >= 0.3 is 0 Å². The summed E-state index contributed by atoms with van der Waals surface area (Å²) in [7, 11) is 0. The Balaban J connectivity index is 0.000000189. The maximum absolute atomic E-state index is 10.4. The summed E-state index contributed by atoms with van der Waals surface area (Å²) in [5.74, 6) is 3.00. The summed E-state index contributed by atoms with van der Waals surface area (Å²) in [6, 6.07) is 83.5. The van der Waals surface area contributed by atoms with Crippen LogP contribution in [0.15, 0.2) is 380 Å². The van der Waals surface area contributed by atoms with Crippen LogP contribution in [0.4, 0.5) is 68.2 Å². The van der Waals surface area contributed by atoms with Crippen molar-refractivity contribution in [1.29, 1.82) is 0 Å². The summed E-state index contributed by atoms with van der Waals surface area (Å²) in [5, 5.41) is 0. The lowest BCUT2D eigenvalue weighted by molar-refractivity contribution is 0.482. The van der Waals surface area contributed by atoms with Crippen molar-refractivity contribution < 1.29 is 71.7 Å². The zero-order valence-corrected chi connectivity index (χ0v) is 60.9. The third-order valence-corrected chi connectivity index (χ3v) is 16.6. The first-order valence-electron chi connectivity index (χ1n) is 32.1. The van der Waals surface area contributed by atoms with Crippen LogP contribution < -0.4 is 14.2 Å². The number of hydrogen-bond acceptors (Lipinski definition) is 30. The number of aliphatic imine (C=N–C) groups is 12.